The summed E-state index contributed by atoms with van der Waals surface area (Å²) >= 11 is 0. The van der Waals surface area contributed by atoms with E-state index in [0.29, 0.717) is 0 Å². The number of aryl methyl sites for hydroxylation is 1. The van der Waals surface area contributed by atoms with Crippen molar-refractivity contribution in [1.29, 1.82) is 0 Å². The first-order valence-corrected chi connectivity index (χ1v) is 9.48. The molecule has 2 aromatic heterocycles. The number of piperidine rings is 1. The van der Waals surface area contributed by atoms with Crippen LogP contribution in [-0.4, -0.2) is 68.4 Å². The Kier molecular flexibility index (Phi) is 4.82. The maximum Gasteiger partial charge on any atom is 0.244 e. The highest BCUT2D eigenvalue weighted by atomic mass is 16.3. The molecule has 2 aromatic rings. The molecule has 144 valence electrons. The molecule has 27 heavy (non-hydrogen) atoms. The molecule has 2 aliphatic rings. The second-order valence-electron chi connectivity index (χ2n) is 7.79. The number of carbonyl (C=O) groups excluding carboxylic acids is 1. The van der Waals surface area contributed by atoms with Crippen LogP contribution in [0.25, 0.3) is 0 Å². The van der Waals surface area contributed by atoms with E-state index in [2.05, 4.69) is 20.0 Å². The van der Waals surface area contributed by atoms with E-state index in [9.17, 15) is 9.90 Å². The normalized spacial score (nSPS) is 21.8. The topological polar surface area (TPSA) is 87.4 Å². The highest BCUT2D eigenvalue weighted by Crippen LogP contribution is 2.45. The molecule has 1 spiro atoms. The molecule has 4 rings (SSSR count). The van der Waals surface area contributed by atoms with Crippen LogP contribution in [0.5, 0.6) is 0 Å². The Morgan fingerprint density at radius 3 is 2.81 bits per heavy atom. The van der Waals surface area contributed by atoms with Gasteiger partial charge >= 0.3 is 0 Å². The monoisotopic (exact) mass is 370 g/mol. The number of anilines is 1. The van der Waals surface area contributed by atoms with Crippen LogP contribution in [0.4, 0.5) is 5.82 Å². The number of aromatic nitrogens is 4. The summed E-state index contributed by atoms with van der Waals surface area (Å²) < 4.78 is 1.70. The maximum absolute atomic E-state index is 12.6. The number of amides is 1. The van der Waals surface area contributed by atoms with Crippen molar-refractivity contribution in [1.82, 2.24) is 24.6 Å². The summed E-state index contributed by atoms with van der Waals surface area (Å²) in [5.74, 6) is 1.23. The number of carbonyl (C=O) groups is 1. The Hall–Kier alpha value is -2.48. The molecule has 2 aliphatic heterocycles. The van der Waals surface area contributed by atoms with E-state index in [0.717, 1.165) is 50.4 Å². The summed E-state index contributed by atoms with van der Waals surface area (Å²) in [5, 5.41) is 14.2. The van der Waals surface area contributed by atoms with E-state index in [-0.39, 0.29) is 30.4 Å². The highest BCUT2D eigenvalue weighted by molar-refractivity contribution is 5.76. The van der Waals surface area contributed by atoms with Gasteiger partial charge in [-0.05, 0) is 36.8 Å². The average molecular weight is 370 g/mol. The number of nitrogens with zero attached hydrogens (tertiary/aromatic N) is 6. The second kappa shape index (κ2) is 7.26. The zero-order valence-corrected chi connectivity index (χ0v) is 15.7. The first-order chi connectivity index (χ1) is 13.1. The molecule has 2 fully saturated rings. The third-order valence-corrected chi connectivity index (χ3v) is 6.09. The van der Waals surface area contributed by atoms with Crippen LogP contribution in [0.3, 0.4) is 0 Å². The van der Waals surface area contributed by atoms with Crippen LogP contribution in [-0.2, 0) is 11.3 Å². The minimum Gasteiger partial charge on any atom is -0.396 e. The van der Waals surface area contributed by atoms with Crippen molar-refractivity contribution in [3.05, 3.63) is 36.5 Å². The van der Waals surface area contributed by atoms with Gasteiger partial charge in [-0.3, -0.25) is 9.48 Å². The van der Waals surface area contributed by atoms with Crippen LogP contribution in [0, 0.1) is 18.3 Å². The van der Waals surface area contributed by atoms with Gasteiger partial charge in [-0.2, -0.15) is 5.10 Å². The van der Waals surface area contributed by atoms with Crippen LogP contribution in [0.2, 0.25) is 0 Å². The molecule has 8 heteroatoms. The second-order valence-corrected chi connectivity index (χ2v) is 7.79. The Morgan fingerprint density at radius 2 is 2.19 bits per heavy atom. The third-order valence-electron chi connectivity index (χ3n) is 6.09. The van der Waals surface area contributed by atoms with Gasteiger partial charge in [-0.1, -0.05) is 0 Å². The van der Waals surface area contributed by atoms with Gasteiger partial charge in [0.05, 0.1) is 6.20 Å². The molecule has 1 unspecified atom stereocenters. The first kappa shape index (κ1) is 17.9. The zero-order valence-electron chi connectivity index (χ0n) is 15.7. The lowest BCUT2D eigenvalue weighted by atomic mass is 9.71. The van der Waals surface area contributed by atoms with Gasteiger partial charge in [0.1, 0.15) is 18.7 Å². The van der Waals surface area contributed by atoms with E-state index in [1.807, 2.05) is 24.1 Å². The average Bonchev–Trinajstić information content (AvgIpc) is 3.26. The van der Waals surface area contributed by atoms with E-state index >= 15 is 0 Å². The molecule has 4 heterocycles. The Labute approximate surface area is 158 Å². The molecule has 1 atom stereocenters. The van der Waals surface area contributed by atoms with Gasteiger partial charge in [0.25, 0.3) is 0 Å². The molecule has 0 aliphatic carbocycles. The molecule has 8 nitrogen and oxygen atoms in total. The summed E-state index contributed by atoms with van der Waals surface area (Å²) in [6, 6.07) is 1.91. The number of hydrogen-bond donors (Lipinski definition) is 1. The quantitative estimate of drug-likeness (QED) is 0.853. The first-order valence-electron chi connectivity index (χ1n) is 9.48. The number of hydrogen-bond acceptors (Lipinski definition) is 6. The fourth-order valence-electron chi connectivity index (χ4n) is 4.49. The molecule has 0 aromatic carbocycles. The number of rotatable bonds is 4. The van der Waals surface area contributed by atoms with Crippen molar-refractivity contribution in [3.8, 4) is 0 Å². The minimum atomic E-state index is 0.0404. The summed E-state index contributed by atoms with van der Waals surface area (Å²) in [6.45, 7) is 5.56. The number of aliphatic hydroxyl groups is 1. The highest BCUT2D eigenvalue weighted by Gasteiger charge is 2.48. The molecule has 0 saturated carbocycles. The summed E-state index contributed by atoms with van der Waals surface area (Å²) in [5.41, 5.74) is 1.10. The van der Waals surface area contributed by atoms with Crippen molar-refractivity contribution in [3.63, 3.8) is 0 Å². The predicted molar refractivity (Wildman–Crippen MR) is 100 cm³/mol. The fourth-order valence-corrected chi connectivity index (χ4v) is 4.49. The molecule has 0 bridgehead atoms. The summed E-state index contributed by atoms with van der Waals surface area (Å²) in [6.07, 6.45) is 8.78. The summed E-state index contributed by atoms with van der Waals surface area (Å²) in [4.78, 5) is 25.1. The van der Waals surface area contributed by atoms with Crippen molar-refractivity contribution in [2.24, 2.45) is 11.3 Å². The van der Waals surface area contributed by atoms with Gasteiger partial charge in [-0.25, -0.2) is 9.97 Å². The Bertz CT molecular complexity index is 785. The lowest BCUT2D eigenvalue weighted by Gasteiger charge is -2.42. The van der Waals surface area contributed by atoms with Gasteiger partial charge in [-0.15, -0.1) is 0 Å². The lowest BCUT2D eigenvalue weighted by molar-refractivity contribution is -0.134. The van der Waals surface area contributed by atoms with E-state index < -0.39 is 0 Å². The molecule has 0 radical (unpaired) electrons. The van der Waals surface area contributed by atoms with E-state index in [1.165, 1.54) is 0 Å². The van der Waals surface area contributed by atoms with Crippen molar-refractivity contribution >= 4 is 11.7 Å². The molecular formula is C19H26N6O2. The largest absolute Gasteiger partial charge is 0.396 e. The minimum absolute atomic E-state index is 0.0404. The van der Waals surface area contributed by atoms with Crippen LogP contribution in [0.1, 0.15) is 18.4 Å². The Morgan fingerprint density at radius 1 is 1.37 bits per heavy atom. The van der Waals surface area contributed by atoms with Gasteiger partial charge in [0.2, 0.25) is 5.91 Å². The SMILES string of the molecule is Cc1cnn(CC(=O)N2CCC3(CC2)CN(c2ccncn2)CC3CO)c1. The van der Waals surface area contributed by atoms with Crippen LogP contribution < -0.4 is 4.90 Å². The van der Waals surface area contributed by atoms with E-state index in [1.54, 1.807) is 23.4 Å². The fraction of sp³-hybridized carbons (Fsp3) is 0.579. The van der Waals surface area contributed by atoms with Crippen molar-refractivity contribution in [2.45, 2.75) is 26.3 Å². The standard InChI is InChI=1S/C19H26N6O2/c1-15-8-22-25(9-15)11-18(27)23-6-3-19(4-7-23)13-24(10-16(19)12-26)17-2-5-20-14-21-17/h2,5,8-9,14,16,26H,3-4,6-7,10-13H2,1H3. The van der Waals surface area contributed by atoms with Crippen LogP contribution in [0.15, 0.2) is 31.0 Å². The molecule has 1 N–H and O–H groups in total. The predicted octanol–water partition coefficient (Wildman–Crippen LogP) is 0.719. The van der Waals surface area contributed by atoms with Crippen molar-refractivity contribution < 1.29 is 9.90 Å². The van der Waals surface area contributed by atoms with Gasteiger partial charge in [0, 0.05) is 51.1 Å². The smallest absolute Gasteiger partial charge is 0.244 e. The molecule has 2 saturated heterocycles. The Balaban J connectivity index is 1.40. The molecule has 1 amide bonds. The van der Waals surface area contributed by atoms with Gasteiger partial charge in [0.15, 0.2) is 0 Å². The number of aliphatic hydroxyl groups excluding tert-OH is 1. The number of likely N-dealkylation sites (tertiary alicyclic amines) is 1. The van der Waals surface area contributed by atoms with Crippen LogP contribution >= 0.6 is 0 Å². The van der Waals surface area contributed by atoms with Gasteiger partial charge < -0.3 is 14.9 Å². The lowest BCUT2D eigenvalue weighted by Crippen LogP contribution is -2.48. The third kappa shape index (κ3) is 3.53. The van der Waals surface area contributed by atoms with Crippen molar-refractivity contribution in [2.75, 3.05) is 37.7 Å². The zero-order chi connectivity index (χ0) is 18.9. The van der Waals surface area contributed by atoms with E-state index in [4.69, 9.17) is 0 Å². The molecular weight excluding hydrogens is 344 g/mol. The maximum atomic E-state index is 12.6. The summed E-state index contributed by atoms with van der Waals surface area (Å²) in [7, 11) is 0.